The van der Waals surface area contributed by atoms with Gasteiger partial charge in [0, 0.05) is 41.3 Å². The summed E-state index contributed by atoms with van der Waals surface area (Å²) in [6.45, 7) is -2.29. The van der Waals surface area contributed by atoms with Crippen molar-refractivity contribution in [3.63, 3.8) is 0 Å². The van der Waals surface area contributed by atoms with Gasteiger partial charge in [-0.3, -0.25) is 4.79 Å². The van der Waals surface area contributed by atoms with Crippen molar-refractivity contribution in [3.8, 4) is 11.4 Å². The summed E-state index contributed by atoms with van der Waals surface area (Å²) < 4.78 is 27.9. The number of aromatic nitrogens is 3. The van der Waals surface area contributed by atoms with Crippen molar-refractivity contribution >= 4 is 29.4 Å². The van der Waals surface area contributed by atoms with E-state index >= 15 is 0 Å². The molecule has 1 aromatic heterocycles. The normalized spacial score (nSPS) is 13.5. The summed E-state index contributed by atoms with van der Waals surface area (Å²) in [5.41, 5.74) is 9.99. The number of carbonyl (C=O) groups is 1. The SMILES string of the molecule is Cn1nc(-c2ccc(C(=O)NCC(F)(F)CO)cc2)nc1Nc1ccc(N)c(C=N)c1C1CC1. The molecule has 1 aliphatic rings. The first-order valence-corrected chi connectivity index (χ1v) is 10.7. The van der Waals surface area contributed by atoms with Crippen LogP contribution < -0.4 is 16.4 Å². The first-order chi connectivity index (χ1) is 16.2. The number of halogens is 2. The fraction of sp³-hybridized carbons (Fsp3) is 0.304. The van der Waals surface area contributed by atoms with Crippen molar-refractivity contribution in [1.29, 1.82) is 5.41 Å². The molecule has 3 aromatic rings. The highest BCUT2D eigenvalue weighted by Crippen LogP contribution is 2.46. The molecule has 0 atom stereocenters. The summed E-state index contributed by atoms with van der Waals surface area (Å²) in [6.07, 6.45) is 3.36. The third kappa shape index (κ3) is 4.88. The molecule has 0 aliphatic heterocycles. The lowest BCUT2D eigenvalue weighted by atomic mass is 10.00. The fourth-order valence-electron chi connectivity index (χ4n) is 3.61. The van der Waals surface area contributed by atoms with Gasteiger partial charge in [-0.15, -0.1) is 5.10 Å². The quantitative estimate of drug-likeness (QED) is 0.241. The highest BCUT2D eigenvalue weighted by Gasteiger charge is 2.30. The highest BCUT2D eigenvalue weighted by atomic mass is 19.3. The maximum atomic E-state index is 13.1. The van der Waals surface area contributed by atoms with Crippen LogP contribution in [0.5, 0.6) is 0 Å². The number of hydrogen-bond donors (Lipinski definition) is 5. The molecule has 0 unspecified atom stereocenters. The van der Waals surface area contributed by atoms with Crippen LogP contribution in [0.4, 0.5) is 26.1 Å². The molecule has 1 fully saturated rings. The van der Waals surface area contributed by atoms with E-state index < -0.39 is 25.0 Å². The van der Waals surface area contributed by atoms with Crippen LogP contribution in [0.15, 0.2) is 36.4 Å². The molecule has 1 heterocycles. The van der Waals surface area contributed by atoms with Crippen LogP contribution in [0.25, 0.3) is 11.4 Å². The van der Waals surface area contributed by atoms with Gasteiger partial charge in [0.1, 0.15) is 6.61 Å². The second-order valence-corrected chi connectivity index (χ2v) is 8.23. The summed E-state index contributed by atoms with van der Waals surface area (Å²) >= 11 is 0. The van der Waals surface area contributed by atoms with E-state index in [1.54, 1.807) is 29.9 Å². The molecule has 0 radical (unpaired) electrons. The molecule has 1 aliphatic carbocycles. The molecule has 11 heteroatoms. The Bertz CT molecular complexity index is 1220. The number of nitrogen functional groups attached to an aromatic ring is 1. The van der Waals surface area contributed by atoms with Gasteiger partial charge in [0.05, 0.1) is 6.54 Å². The average molecular weight is 469 g/mol. The summed E-state index contributed by atoms with van der Waals surface area (Å²) in [7, 11) is 1.74. The maximum Gasteiger partial charge on any atom is 0.287 e. The molecule has 6 N–H and O–H groups in total. The van der Waals surface area contributed by atoms with E-state index in [2.05, 4.69) is 20.7 Å². The van der Waals surface area contributed by atoms with Gasteiger partial charge in [-0.05, 0) is 48.6 Å². The smallest absolute Gasteiger partial charge is 0.287 e. The van der Waals surface area contributed by atoms with E-state index in [9.17, 15) is 13.6 Å². The van der Waals surface area contributed by atoms with E-state index in [0.717, 1.165) is 24.1 Å². The molecule has 2 aromatic carbocycles. The number of benzene rings is 2. The van der Waals surface area contributed by atoms with Crippen LogP contribution in [-0.2, 0) is 7.05 Å². The van der Waals surface area contributed by atoms with E-state index in [1.165, 1.54) is 18.3 Å². The second kappa shape index (κ2) is 9.18. The largest absolute Gasteiger partial charge is 0.398 e. The summed E-state index contributed by atoms with van der Waals surface area (Å²) in [5, 5.41) is 26.2. The molecule has 0 saturated heterocycles. The number of nitrogens with two attached hydrogens (primary N) is 1. The van der Waals surface area contributed by atoms with Gasteiger partial charge in [-0.2, -0.15) is 4.98 Å². The van der Waals surface area contributed by atoms with Crippen molar-refractivity contribution in [2.45, 2.75) is 24.7 Å². The Balaban J connectivity index is 1.52. The standard InChI is InChI=1S/C23H25F2N7O2/c1-32-22(29-18-9-8-17(27)16(10-26)19(18)13-2-3-13)30-20(31-32)14-4-6-15(7-5-14)21(34)28-11-23(24,25)12-33/h4-10,13,26,33H,2-3,11-12,27H2,1H3,(H,28,34)(H,29,30,31). The topological polar surface area (TPSA) is 142 Å². The Morgan fingerprint density at radius 1 is 1.29 bits per heavy atom. The Morgan fingerprint density at radius 2 is 2.00 bits per heavy atom. The van der Waals surface area contributed by atoms with Crippen molar-refractivity contribution < 1.29 is 18.7 Å². The maximum absolute atomic E-state index is 13.1. The number of carbonyl (C=O) groups excluding carboxylic acids is 1. The molecular weight excluding hydrogens is 444 g/mol. The number of aliphatic hydroxyl groups is 1. The number of aryl methyl sites for hydroxylation is 1. The third-order valence-electron chi connectivity index (χ3n) is 5.60. The molecular formula is C23H25F2N7O2. The van der Waals surface area contributed by atoms with Crippen LogP contribution in [0.2, 0.25) is 0 Å². The molecule has 0 bridgehead atoms. The Hall–Kier alpha value is -3.86. The lowest BCUT2D eigenvalue weighted by molar-refractivity contribution is -0.0462. The third-order valence-corrected chi connectivity index (χ3v) is 5.60. The van der Waals surface area contributed by atoms with Gasteiger partial charge in [-0.1, -0.05) is 12.1 Å². The first-order valence-electron chi connectivity index (χ1n) is 10.7. The number of amides is 1. The average Bonchev–Trinajstić information content (AvgIpc) is 3.61. The Kier molecular flexibility index (Phi) is 6.29. The van der Waals surface area contributed by atoms with Crippen LogP contribution in [0, 0.1) is 5.41 Å². The van der Waals surface area contributed by atoms with Crippen LogP contribution >= 0.6 is 0 Å². The molecule has 9 nitrogen and oxygen atoms in total. The Labute approximate surface area is 194 Å². The number of anilines is 3. The van der Waals surface area contributed by atoms with E-state index in [1.807, 2.05) is 6.07 Å². The zero-order valence-corrected chi connectivity index (χ0v) is 18.5. The van der Waals surface area contributed by atoms with Crippen LogP contribution in [0.3, 0.4) is 0 Å². The summed E-state index contributed by atoms with van der Waals surface area (Å²) in [4.78, 5) is 16.6. The number of rotatable bonds is 9. The highest BCUT2D eigenvalue weighted by molar-refractivity contribution is 5.94. The van der Waals surface area contributed by atoms with Gasteiger partial charge in [0.25, 0.3) is 11.8 Å². The lowest BCUT2D eigenvalue weighted by Crippen LogP contribution is -2.38. The first kappa shape index (κ1) is 23.3. The van der Waals surface area contributed by atoms with Gasteiger partial charge in [0.2, 0.25) is 5.95 Å². The van der Waals surface area contributed by atoms with Gasteiger partial charge >= 0.3 is 0 Å². The molecule has 34 heavy (non-hydrogen) atoms. The number of alkyl halides is 2. The molecule has 1 amide bonds. The van der Waals surface area contributed by atoms with Gasteiger partial charge in [-0.25, -0.2) is 13.5 Å². The lowest BCUT2D eigenvalue weighted by Gasteiger charge is -2.15. The predicted octanol–water partition coefficient (Wildman–Crippen LogP) is 3.04. The fourth-order valence-corrected chi connectivity index (χ4v) is 3.61. The summed E-state index contributed by atoms with van der Waals surface area (Å²) in [5.74, 6) is -2.79. The number of hydrogen-bond acceptors (Lipinski definition) is 7. The minimum absolute atomic E-state index is 0.196. The zero-order valence-electron chi connectivity index (χ0n) is 18.5. The number of aliphatic hydroxyl groups excluding tert-OH is 1. The van der Waals surface area contributed by atoms with E-state index in [-0.39, 0.29) is 5.56 Å². The predicted molar refractivity (Wildman–Crippen MR) is 125 cm³/mol. The molecule has 178 valence electrons. The minimum Gasteiger partial charge on any atom is -0.398 e. The molecule has 1 saturated carbocycles. The van der Waals surface area contributed by atoms with Crippen molar-refractivity contribution in [2.24, 2.45) is 7.05 Å². The second-order valence-electron chi connectivity index (χ2n) is 8.23. The number of nitrogens with one attached hydrogen (secondary N) is 3. The van der Waals surface area contributed by atoms with E-state index in [4.69, 9.17) is 16.2 Å². The monoisotopic (exact) mass is 469 g/mol. The summed E-state index contributed by atoms with van der Waals surface area (Å²) in [6, 6.07) is 9.87. The van der Waals surface area contributed by atoms with Gasteiger partial charge in [0.15, 0.2) is 5.82 Å². The van der Waals surface area contributed by atoms with Crippen LogP contribution in [-0.4, -0.2) is 51.1 Å². The van der Waals surface area contributed by atoms with E-state index in [0.29, 0.717) is 34.5 Å². The van der Waals surface area contributed by atoms with Crippen molar-refractivity contribution in [2.75, 3.05) is 24.2 Å². The minimum atomic E-state index is -3.37. The number of nitrogens with zero attached hydrogens (tertiary/aromatic N) is 3. The molecule has 0 spiro atoms. The Morgan fingerprint density at radius 3 is 2.62 bits per heavy atom. The molecule has 4 rings (SSSR count). The zero-order chi connectivity index (χ0) is 24.5. The van der Waals surface area contributed by atoms with Crippen molar-refractivity contribution in [1.82, 2.24) is 20.1 Å². The van der Waals surface area contributed by atoms with Crippen molar-refractivity contribution in [3.05, 3.63) is 53.1 Å². The van der Waals surface area contributed by atoms with Crippen LogP contribution in [0.1, 0.15) is 40.2 Å². The van der Waals surface area contributed by atoms with Gasteiger partial charge < -0.3 is 26.9 Å².